The van der Waals surface area contributed by atoms with Gasteiger partial charge in [0.2, 0.25) is 0 Å². The van der Waals surface area contributed by atoms with Gasteiger partial charge in [0, 0.05) is 152 Å². The molecule has 20 nitrogen and oxygen atoms in total. The molecule has 12 rings (SSSR count). The van der Waals surface area contributed by atoms with Gasteiger partial charge in [-0.15, -0.1) is 0 Å². The third kappa shape index (κ3) is 41.0. The average Bonchev–Trinajstić information content (AvgIpc) is 0.820. The molecule has 710 valence electrons. The molecule has 0 saturated heterocycles. The first kappa shape index (κ1) is 120. The molecule has 0 aliphatic heterocycles. The van der Waals surface area contributed by atoms with Crippen LogP contribution in [0, 0.1) is 109 Å². The molecule has 4 radical (unpaired) electrons. The Bertz CT molecular complexity index is 5340. The molecule has 131 heavy (non-hydrogen) atoms. The summed E-state index contributed by atoms with van der Waals surface area (Å²) in [6.45, 7) is 53.5. The minimum absolute atomic E-state index is 0. The van der Waals surface area contributed by atoms with Crippen molar-refractivity contribution in [1.82, 2.24) is 39.9 Å². The monoisotopic (exact) mass is 2490 g/mol. The van der Waals surface area contributed by atoms with Crippen molar-refractivity contribution in [3.8, 4) is 69.8 Å². The summed E-state index contributed by atoms with van der Waals surface area (Å²) in [4.78, 5) is 35.8. The molecule has 12 aromatic rings. The van der Waals surface area contributed by atoms with Crippen LogP contribution in [0.3, 0.4) is 0 Å². The molecular weight excluding hydrogens is 2350 g/mol. The maximum atomic E-state index is 9.76. The van der Waals surface area contributed by atoms with E-state index in [1.165, 1.54) is 0 Å². The fraction of sp³-hybridized carbons (Fsp3) is 0.439. The van der Waals surface area contributed by atoms with Gasteiger partial charge in [0.25, 0.3) is 0 Å². The maximum Gasteiger partial charge on any atom is 0.0991 e. The van der Waals surface area contributed by atoms with E-state index in [2.05, 4.69) is 64.1 Å². The van der Waals surface area contributed by atoms with Crippen LogP contribution in [0.15, 0.2) is 201 Å². The van der Waals surface area contributed by atoms with E-state index in [1.807, 2.05) is 351 Å². The number of benzene rings is 4. The first-order chi connectivity index (χ1) is 58.8. The van der Waals surface area contributed by atoms with E-state index < -0.39 is 48.8 Å². The Labute approximate surface area is 833 Å². The molecule has 0 spiro atoms. The zero-order chi connectivity index (χ0) is 95.5. The number of pyridine rings is 8. The zero-order valence-electron chi connectivity index (χ0n) is 81.3. The molecule has 0 saturated carbocycles. The number of fused-ring (bicyclic) bond motifs is 4. The van der Waals surface area contributed by atoms with Gasteiger partial charge in [-0.2, -0.15) is 21.0 Å². The summed E-state index contributed by atoms with van der Waals surface area (Å²) in [7, 11) is 0. The van der Waals surface area contributed by atoms with Crippen molar-refractivity contribution < 1.29 is 121 Å². The summed E-state index contributed by atoms with van der Waals surface area (Å²) in [5, 5.41) is 117. The number of aliphatic hydroxyl groups excluding tert-OH is 8. The molecule has 8 N–H and O–H groups in total. The van der Waals surface area contributed by atoms with Gasteiger partial charge in [-0.25, -0.2) is 19.9 Å². The Morgan fingerprint density at radius 1 is 0.244 bits per heavy atom. The maximum absolute atomic E-state index is 9.76. The molecule has 8 unspecified atom stereocenters. The van der Waals surface area contributed by atoms with Crippen LogP contribution < -0.4 is 0 Å². The number of aromatic nitrogens is 8. The topological polar surface area (TPSA) is 360 Å². The van der Waals surface area contributed by atoms with Crippen LogP contribution in [0.5, 0.6) is 0 Å². The normalized spacial score (nSPS) is 13.2. The number of hydrogen-bond donors (Lipinski definition) is 8. The van der Waals surface area contributed by atoms with Gasteiger partial charge in [-0.05, 0) is 215 Å². The van der Waals surface area contributed by atoms with Crippen LogP contribution in [-0.2, 0) is 80.4 Å². The summed E-state index contributed by atoms with van der Waals surface area (Å²) < 4.78 is 0. The summed E-state index contributed by atoms with van der Waals surface area (Å²) in [5.41, 5.74) is 15.0. The third-order valence-electron chi connectivity index (χ3n) is 21.5. The van der Waals surface area contributed by atoms with Crippen LogP contribution >= 0.6 is 0 Å². The van der Waals surface area contributed by atoms with Crippen molar-refractivity contribution in [3.05, 3.63) is 240 Å². The van der Waals surface area contributed by atoms with E-state index in [1.54, 1.807) is 36.7 Å². The van der Waals surface area contributed by atoms with Gasteiger partial charge in [0.15, 0.2) is 0 Å². The van der Waals surface area contributed by atoms with E-state index >= 15 is 0 Å². The minimum Gasteiger partial charge on any atom is -0.392 e. The SMILES string of the molecule is CC(C)(C)C(O)CC(O)C(C)(C)C.CC(C)(C)C(O)CC(O)C(C)(C)C.CC(C)(C)C(O)CC(O)C(C)(C)C.CC(C)(C)C(O)CC(O)C(C)(C)C.Cc1ccc(-c2ccc3cc(C#N)ccc3n2)nc1.Cc1cccc(-c2ccc3cc(C#N)ccc3n2)n1.Cc1ccnc(-c2ccc3cc(C#N)ccc3n2)c1.N#Cc1ccc2nc(-c3ccccn3)ccc2c1.[Ir].[Ir].[Ir].[Ir]. The second-order valence-electron chi connectivity index (χ2n) is 41.2. The number of aryl methyl sites for hydroxylation is 3. The molecule has 8 heterocycles. The Hall–Kier alpha value is -8.64. The number of rotatable bonds is 12. The van der Waals surface area contributed by atoms with Crippen molar-refractivity contribution in [2.24, 2.45) is 43.3 Å². The van der Waals surface area contributed by atoms with Gasteiger partial charge in [0.1, 0.15) is 0 Å². The van der Waals surface area contributed by atoms with E-state index in [9.17, 15) is 40.9 Å². The smallest absolute Gasteiger partial charge is 0.0991 e. The predicted molar refractivity (Wildman–Crippen MR) is 515 cm³/mol. The van der Waals surface area contributed by atoms with E-state index in [0.717, 1.165) is 106 Å². The average molecular weight is 2490 g/mol. The fourth-order valence-electron chi connectivity index (χ4n) is 11.5. The second kappa shape index (κ2) is 53.4. The quantitative estimate of drug-likeness (QED) is 0.0563. The van der Waals surface area contributed by atoms with Gasteiger partial charge in [-0.3, -0.25) is 19.9 Å². The van der Waals surface area contributed by atoms with Crippen molar-refractivity contribution in [1.29, 1.82) is 21.0 Å². The summed E-state index contributed by atoms with van der Waals surface area (Å²) in [6.07, 6.45) is 3.63. The molecule has 8 aromatic heterocycles. The Kier molecular flexibility index (Phi) is 49.1. The number of hydrogen-bond acceptors (Lipinski definition) is 20. The van der Waals surface area contributed by atoms with E-state index in [-0.39, 0.29) is 124 Å². The third-order valence-corrected chi connectivity index (χ3v) is 21.5. The largest absolute Gasteiger partial charge is 0.392 e. The zero-order valence-corrected chi connectivity index (χ0v) is 90.9. The first-order valence-corrected chi connectivity index (χ1v) is 43.2. The number of nitriles is 4. The van der Waals surface area contributed by atoms with Crippen molar-refractivity contribution in [2.75, 3.05) is 0 Å². The van der Waals surface area contributed by atoms with E-state index in [0.29, 0.717) is 47.9 Å². The number of aliphatic hydroxyl groups is 8. The Morgan fingerprint density at radius 2 is 0.496 bits per heavy atom. The van der Waals surface area contributed by atoms with Crippen LogP contribution in [-0.4, -0.2) is 130 Å². The van der Waals surface area contributed by atoms with Crippen LogP contribution in [0.4, 0.5) is 0 Å². The fourth-order valence-corrected chi connectivity index (χ4v) is 11.5. The van der Waals surface area contributed by atoms with Crippen molar-refractivity contribution >= 4 is 43.6 Å². The molecule has 0 aliphatic rings. The summed E-state index contributed by atoms with van der Waals surface area (Å²) in [5.74, 6) is 0. The van der Waals surface area contributed by atoms with Crippen LogP contribution in [0.1, 0.15) is 231 Å². The van der Waals surface area contributed by atoms with E-state index in [4.69, 9.17) is 21.0 Å². The van der Waals surface area contributed by atoms with Gasteiger partial charge in [0.05, 0.1) is 163 Å². The van der Waals surface area contributed by atoms with Gasteiger partial charge in [-0.1, -0.05) is 209 Å². The molecular formula is C107H138Ir4N12O8. The van der Waals surface area contributed by atoms with Crippen LogP contribution in [0.25, 0.3) is 89.2 Å². The molecule has 24 heteroatoms. The van der Waals surface area contributed by atoms with Gasteiger partial charge < -0.3 is 40.9 Å². The summed E-state index contributed by atoms with van der Waals surface area (Å²) >= 11 is 0. The standard InChI is InChI=1S/3C16H11N3.C15H9N3.4C11H24O2.4Ir/c1-11-2-5-15(18-10-11)16-7-4-13-8-12(9-17)3-6-14(13)19-16;1-11-6-7-18-16(8-11)15-5-3-13-9-12(10-17)2-4-14(13)19-15;1-11-3-2-4-15(18-11)16-8-6-13-9-12(10-17)5-7-14(13)19-16;16-10-11-4-6-13-12(9-11)5-7-15(18-13)14-3-1-2-8-17-14;4*1-10(2,3)8(12)7-9(13)11(4,5)6;;;;/h2-8,10H,1H3;2*2-9H,1H3;1-9H;4*8-9,12-13H,7H2,1-6H3;;;;. The van der Waals surface area contributed by atoms with Crippen molar-refractivity contribution in [2.45, 2.75) is 261 Å². The minimum atomic E-state index is -0.443. The molecule has 0 amide bonds. The van der Waals surface area contributed by atoms with Crippen LogP contribution in [0.2, 0.25) is 0 Å². The Balaban J connectivity index is 0.000000751. The predicted octanol–water partition coefficient (Wildman–Crippen LogP) is 22.4. The second-order valence-corrected chi connectivity index (χ2v) is 41.2. The first-order valence-electron chi connectivity index (χ1n) is 43.2. The molecule has 4 aromatic carbocycles. The Morgan fingerprint density at radius 3 is 0.740 bits per heavy atom. The number of nitrogens with zero attached hydrogens (tertiary/aromatic N) is 12. The van der Waals surface area contributed by atoms with Crippen molar-refractivity contribution in [3.63, 3.8) is 0 Å². The summed E-state index contributed by atoms with van der Waals surface area (Å²) in [6, 6.07) is 65.7. The molecule has 8 atom stereocenters. The molecule has 0 aliphatic carbocycles. The molecule has 0 bridgehead atoms. The molecule has 0 fully saturated rings. The van der Waals surface area contributed by atoms with Gasteiger partial charge >= 0.3 is 0 Å².